The lowest BCUT2D eigenvalue weighted by atomic mass is 10.1. The highest BCUT2D eigenvalue weighted by Crippen LogP contribution is 2.27. The Morgan fingerprint density at radius 3 is 2.48 bits per heavy atom. The van der Waals surface area contributed by atoms with E-state index in [0.29, 0.717) is 10.2 Å². The summed E-state index contributed by atoms with van der Waals surface area (Å²) in [6.07, 6.45) is 0. The molecule has 2 nitrogen and oxygen atoms in total. The van der Waals surface area contributed by atoms with Gasteiger partial charge in [-0.15, -0.1) is 0 Å². The molecule has 2 aromatic rings. The van der Waals surface area contributed by atoms with E-state index in [0.717, 1.165) is 11.1 Å². The van der Waals surface area contributed by atoms with Crippen LogP contribution >= 0.6 is 15.9 Å². The lowest BCUT2D eigenvalue weighted by Gasteiger charge is -2.17. The molecule has 0 bridgehead atoms. The lowest BCUT2D eigenvalue weighted by Crippen LogP contribution is -2.14. The largest absolute Gasteiger partial charge is 0.489 e. The van der Waals surface area contributed by atoms with Crippen molar-refractivity contribution < 1.29 is 13.5 Å². The molecule has 0 aliphatic heterocycles. The number of halogens is 3. The number of benzene rings is 2. The van der Waals surface area contributed by atoms with Crippen molar-refractivity contribution in [1.82, 2.24) is 5.32 Å². The SMILES string of the molecule is CNC(C)c1cc(F)ccc1OCc1ccc(F)cc1Br. The average Bonchev–Trinajstić information content (AvgIpc) is 2.46. The van der Waals surface area contributed by atoms with Crippen LogP contribution in [0, 0.1) is 11.6 Å². The number of hydrogen-bond donors (Lipinski definition) is 1. The third-order valence-corrected chi connectivity index (χ3v) is 4.01. The molecule has 0 saturated heterocycles. The summed E-state index contributed by atoms with van der Waals surface area (Å²) in [4.78, 5) is 0. The molecule has 5 heteroatoms. The molecule has 0 amide bonds. The van der Waals surface area contributed by atoms with Crippen LogP contribution < -0.4 is 10.1 Å². The van der Waals surface area contributed by atoms with Crippen LogP contribution in [0.3, 0.4) is 0 Å². The fourth-order valence-electron chi connectivity index (χ4n) is 1.94. The van der Waals surface area contributed by atoms with Gasteiger partial charge in [0.15, 0.2) is 0 Å². The minimum absolute atomic E-state index is 0.0349. The highest BCUT2D eigenvalue weighted by molar-refractivity contribution is 9.10. The molecule has 0 heterocycles. The summed E-state index contributed by atoms with van der Waals surface area (Å²) >= 11 is 3.30. The zero-order valence-electron chi connectivity index (χ0n) is 11.8. The minimum Gasteiger partial charge on any atom is -0.489 e. The van der Waals surface area contributed by atoms with E-state index in [1.165, 1.54) is 24.3 Å². The fourth-order valence-corrected chi connectivity index (χ4v) is 2.40. The maximum absolute atomic E-state index is 13.4. The van der Waals surface area contributed by atoms with Gasteiger partial charge in [0.25, 0.3) is 0 Å². The Hall–Kier alpha value is -1.46. The maximum Gasteiger partial charge on any atom is 0.124 e. The second-order valence-corrected chi connectivity index (χ2v) is 5.57. The van der Waals surface area contributed by atoms with Crippen molar-refractivity contribution in [1.29, 1.82) is 0 Å². The van der Waals surface area contributed by atoms with Crippen LogP contribution in [-0.2, 0) is 6.61 Å². The Kier molecular flexibility index (Phi) is 5.31. The molecular formula is C16H16BrF2NO. The third-order valence-electron chi connectivity index (χ3n) is 3.27. The van der Waals surface area contributed by atoms with Gasteiger partial charge in [0.05, 0.1) is 0 Å². The fraction of sp³-hybridized carbons (Fsp3) is 0.250. The van der Waals surface area contributed by atoms with Gasteiger partial charge >= 0.3 is 0 Å². The Balaban J connectivity index is 2.19. The maximum atomic E-state index is 13.4. The van der Waals surface area contributed by atoms with Crippen molar-refractivity contribution in [2.45, 2.75) is 19.6 Å². The quantitative estimate of drug-likeness (QED) is 0.846. The van der Waals surface area contributed by atoms with E-state index in [2.05, 4.69) is 21.2 Å². The van der Waals surface area contributed by atoms with Gasteiger partial charge < -0.3 is 10.1 Å². The Morgan fingerprint density at radius 2 is 1.81 bits per heavy atom. The van der Waals surface area contributed by atoms with E-state index >= 15 is 0 Å². The summed E-state index contributed by atoms with van der Waals surface area (Å²) in [6.45, 7) is 2.20. The zero-order valence-corrected chi connectivity index (χ0v) is 13.4. The van der Waals surface area contributed by atoms with Crippen molar-refractivity contribution in [2.75, 3.05) is 7.05 Å². The van der Waals surface area contributed by atoms with Gasteiger partial charge in [0, 0.05) is 21.6 Å². The van der Waals surface area contributed by atoms with Crippen molar-refractivity contribution in [3.8, 4) is 5.75 Å². The third kappa shape index (κ3) is 4.02. The smallest absolute Gasteiger partial charge is 0.124 e. The molecule has 2 aromatic carbocycles. The molecule has 0 saturated carbocycles. The van der Waals surface area contributed by atoms with E-state index in [-0.39, 0.29) is 24.3 Å². The summed E-state index contributed by atoms with van der Waals surface area (Å²) in [5.74, 6) is -0.00575. The van der Waals surface area contributed by atoms with E-state index < -0.39 is 0 Å². The number of nitrogens with one attached hydrogen (secondary N) is 1. The Bertz CT molecular complexity index is 634. The van der Waals surface area contributed by atoms with Crippen LogP contribution in [0.5, 0.6) is 5.75 Å². The number of hydrogen-bond acceptors (Lipinski definition) is 2. The van der Waals surface area contributed by atoms with Crippen molar-refractivity contribution in [3.63, 3.8) is 0 Å². The number of ether oxygens (including phenoxy) is 1. The van der Waals surface area contributed by atoms with Crippen LogP contribution in [0.1, 0.15) is 24.1 Å². The van der Waals surface area contributed by atoms with Crippen LogP contribution in [0.4, 0.5) is 8.78 Å². The van der Waals surface area contributed by atoms with Gasteiger partial charge in [0.1, 0.15) is 24.0 Å². The van der Waals surface area contributed by atoms with E-state index in [1.807, 2.05) is 6.92 Å². The molecular weight excluding hydrogens is 340 g/mol. The van der Waals surface area contributed by atoms with Crippen molar-refractivity contribution in [3.05, 3.63) is 63.6 Å². The molecule has 112 valence electrons. The molecule has 0 fully saturated rings. The van der Waals surface area contributed by atoms with Crippen LogP contribution in [0.15, 0.2) is 40.9 Å². The summed E-state index contributed by atoms with van der Waals surface area (Å²) < 4.78 is 32.8. The van der Waals surface area contributed by atoms with Crippen LogP contribution in [-0.4, -0.2) is 7.05 Å². The molecule has 21 heavy (non-hydrogen) atoms. The highest BCUT2D eigenvalue weighted by Gasteiger charge is 2.12. The van der Waals surface area contributed by atoms with Gasteiger partial charge in [-0.25, -0.2) is 8.78 Å². The molecule has 0 spiro atoms. The lowest BCUT2D eigenvalue weighted by molar-refractivity contribution is 0.298. The first-order valence-corrected chi connectivity index (χ1v) is 7.34. The molecule has 1 N–H and O–H groups in total. The zero-order chi connectivity index (χ0) is 15.4. The first kappa shape index (κ1) is 15.9. The van der Waals surface area contributed by atoms with Gasteiger partial charge in [0.2, 0.25) is 0 Å². The van der Waals surface area contributed by atoms with Gasteiger partial charge in [-0.2, -0.15) is 0 Å². The second kappa shape index (κ2) is 7.00. The number of rotatable bonds is 5. The molecule has 0 aliphatic rings. The first-order valence-electron chi connectivity index (χ1n) is 6.54. The normalized spacial score (nSPS) is 12.2. The predicted molar refractivity (Wildman–Crippen MR) is 82.3 cm³/mol. The van der Waals surface area contributed by atoms with Gasteiger partial charge in [-0.05, 0) is 44.3 Å². The van der Waals surface area contributed by atoms with E-state index in [9.17, 15) is 8.78 Å². The predicted octanol–water partition coefficient (Wildman–Crippen LogP) is 4.59. The summed E-state index contributed by atoms with van der Waals surface area (Å²) in [7, 11) is 1.80. The summed E-state index contributed by atoms with van der Waals surface area (Å²) in [5.41, 5.74) is 1.57. The average molecular weight is 356 g/mol. The first-order chi connectivity index (χ1) is 10.0. The molecule has 2 rings (SSSR count). The van der Waals surface area contributed by atoms with E-state index in [1.54, 1.807) is 19.2 Å². The molecule has 0 radical (unpaired) electrons. The molecule has 1 unspecified atom stereocenters. The molecule has 0 aliphatic carbocycles. The topological polar surface area (TPSA) is 21.3 Å². The highest BCUT2D eigenvalue weighted by atomic mass is 79.9. The van der Waals surface area contributed by atoms with Crippen molar-refractivity contribution >= 4 is 15.9 Å². The van der Waals surface area contributed by atoms with E-state index in [4.69, 9.17) is 4.74 Å². The molecule has 1 atom stereocenters. The standard InChI is InChI=1S/C16H16BrF2NO/c1-10(20-2)14-7-12(18)5-6-16(14)21-9-11-3-4-13(19)8-15(11)17/h3-8,10,20H,9H2,1-2H3. The summed E-state index contributed by atoms with van der Waals surface area (Å²) in [5, 5.41) is 3.06. The molecule has 0 aromatic heterocycles. The Labute approximate surface area is 131 Å². The van der Waals surface area contributed by atoms with Crippen LogP contribution in [0.25, 0.3) is 0 Å². The second-order valence-electron chi connectivity index (χ2n) is 4.72. The monoisotopic (exact) mass is 355 g/mol. The Morgan fingerprint density at radius 1 is 1.14 bits per heavy atom. The summed E-state index contributed by atoms with van der Waals surface area (Å²) in [6, 6.07) is 8.82. The van der Waals surface area contributed by atoms with Crippen LogP contribution in [0.2, 0.25) is 0 Å². The minimum atomic E-state index is -0.308. The van der Waals surface area contributed by atoms with Crippen molar-refractivity contribution in [2.24, 2.45) is 0 Å². The van der Waals surface area contributed by atoms with Gasteiger partial charge in [-0.1, -0.05) is 22.0 Å². The van der Waals surface area contributed by atoms with Gasteiger partial charge in [-0.3, -0.25) is 0 Å².